The first-order valence-electron chi connectivity index (χ1n) is 8.13. The summed E-state index contributed by atoms with van der Waals surface area (Å²) < 4.78 is 5.33. The maximum atomic E-state index is 5.33. The molecule has 0 aromatic heterocycles. The molecule has 2 nitrogen and oxygen atoms in total. The summed E-state index contributed by atoms with van der Waals surface area (Å²) in [6.07, 6.45) is 9.99. The first-order chi connectivity index (χ1) is 9.73. The highest BCUT2D eigenvalue weighted by atomic mass is 16.5. The van der Waals surface area contributed by atoms with Gasteiger partial charge in [0.25, 0.3) is 0 Å². The molecule has 0 bridgehead atoms. The number of hydrogen-bond donors (Lipinski definition) is 1. The number of hydrogen-bond acceptors (Lipinski definition) is 2. The van der Waals surface area contributed by atoms with Crippen molar-refractivity contribution in [2.75, 3.05) is 7.11 Å². The van der Waals surface area contributed by atoms with E-state index in [1.807, 2.05) is 6.07 Å². The molecule has 2 aliphatic carbocycles. The summed E-state index contributed by atoms with van der Waals surface area (Å²) in [4.78, 5) is 0. The van der Waals surface area contributed by atoms with Crippen LogP contribution in [-0.2, 0) is 0 Å². The number of ether oxygens (including phenoxy) is 1. The van der Waals surface area contributed by atoms with Crippen LogP contribution < -0.4 is 10.1 Å². The van der Waals surface area contributed by atoms with E-state index in [1.54, 1.807) is 7.11 Å². The van der Waals surface area contributed by atoms with Gasteiger partial charge < -0.3 is 10.1 Å². The molecule has 20 heavy (non-hydrogen) atoms. The predicted molar refractivity (Wildman–Crippen MR) is 83.1 cm³/mol. The van der Waals surface area contributed by atoms with Crippen molar-refractivity contribution in [1.82, 2.24) is 5.32 Å². The van der Waals surface area contributed by atoms with E-state index in [-0.39, 0.29) is 0 Å². The molecule has 2 heteroatoms. The van der Waals surface area contributed by atoms with Gasteiger partial charge in [-0.25, -0.2) is 0 Å². The van der Waals surface area contributed by atoms with Gasteiger partial charge in [0.2, 0.25) is 0 Å². The molecule has 0 saturated heterocycles. The minimum atomic E-state index is 0.411. The van der Waals surface area contributed by atoms with Gasteiger partial charge in [-0.15, -0.1) is 0 Å². The molecule has 1 aromatic rings. The highest BCUT2D eigenvalue weighted by Gasteiger charge is 2.46. The topological polar surface area (TPSA) is 21.3 Å². The molecule has 0 aliphatic heterocycles. The standard InChI is InChI=1S/C18H27NO/c1-14(15-7-6-8-16(13-15)20-2)19-17-9-12-18(17)10-4-3-5-11-18/h6-8,13-14,17,19H,3-5,9-12H2,1-2H3/t14-,17?/m1/s1. The van der Waals surface area contributed by atoms with Crippen molar-refractivity contribution < 1.29 is 4.74 Å². The van der Waals surface area contributed by atoms with E-state index in [9.17, 15) is 0 Å². The van der Waals surface area contributed by atoms with Crippen molar-refractivity contribution in [3.8, 4) is 5.75 Å². The van der Waals surface area contributed by atoms with Crippen molar-refractivity contribution in [2.45, 2.75) is 64.0 Å². The van der Waals surface area contributed by atoms with Crippen molar-refractivity contribution in [3.05, 3.63) is 29.8 Å². The summed E-state index contributed by atoms with van der Waals surface area (Å²) >= 11 is 0. The smallest absolute Gasteiger partial charge is 0.119 e. The van der Waals surface area contributed by atoms with Gasteiger partial charge in [-0.1, -0.05) is 31.4 Å². The zero-order chi connectivity index (χ0) is 14.0. The normalized spacial score (nSPS) is 26.0. The van der Waals surface area contributed by atoms with Crippen LogP contribution in [0.5, 0.6) is 5.75 Å². The number of benzene rings is 1. The van der Waals surface area contributed by atoms with Gasteiger partial charge in [-0.05, 0) is 55.7 Å². The monoisotopic (exact) mass is 273 g/mol. The van der Waals surface area contributed by atoms with Crippen LogP contribution in [0, 0.1) is 5.41 Å². The highest BCUT2D eigenvalue weighted by Crippen LogP contribution is 2.52. The predicted octanol–water partition coefficient (Wildman–Crippen LogP) is 4.46. The summed E-state index contributed by atoms with van der Waals surface area (Å²) in [6.45, 7) is 2.28. The maximum absolute atomic E-state index is 5.33. The Kier molecular flexibility index (Phi) is 4.02. The fourth-order valence-electron chi connectivity index (χ4n) is 4.12. The summed E-state index contributed by atoms with van der Waals surface area (Å²) in [5, 5.41) is 3.89. The van der Waals surface area contributed by atoms with E-state index in [0.29, 0.717) is 11.5 Å². The third-order valence-corrected chi connectivity index (χ3v) is 5.56. The second-order valence-corrected chi connectivity index (χ2v) is 6.68. The van der Waals surface area contributed by atoms with Crippen molar-refractivity contribution in [3.63, 3.8) is 0 Å². The first-order valence-corrected chi connectivity index (χ1v) is 8.13. The van der Waals surface area contributed by atoms with Crippen molar-refractivity contribution in [2.24, 2.45) is 5.41 Å². The van der Waals surface area contributed by atoms with Crippen LogP contribution in [0.1, 0.15) is 63.5 Å². The van der Waals surface area contributed by atoms with Crippen LogP contribution in [0.2, 0.25) is 0 Å². The molecule has 2 fully saturated rings. The lowest BCUT2D eigenvalue weighted by Crippen LogP contribution is -2.54. The van der Waals surface area contributed by atoms with E-state index >= 15 is 0 Å². The molecule has 1 N–H and O–H groups in total. The minimum absolute atomic E-state index is 0.411. The third-order valence-electron chi connectivity index (χ3n) is 5.56. The van der Waals surface area contributed by atoms with Gasteiger partial charge in [0.05, 0.1) is 7.11 Å². The van der Waals surface area contributed by atoms with Crippen LogP contribution in [0.4, 0.5) is 0 Å². The molecule has 0 radical (unpaired) electrons. The van der Waals surface area contributed by atoms with Crippen LogP contribution in [0.25, 0.3) is 0 Å². The Bertz CT molecular complexity index is 450. The fourth-order valence-corrected chi connectivity index (χ4v) is 4.12. The molecule has 2 atom stereocenters. The molecule has 1 spiro atoms. The molecule has 1 unspecified atom stereocenters. The lowest BCUT2D eigenvalue weighted by Gasteiger charge is -2.53. The first kappa shape index (κ1) is 13.9. The van der Waals surface area contributed by atoms with Crippen LogP contribution in [0.3, 0.4) is 0 Å². The van der Waals surface area contributed by atoms with Gasteiger partial charge in [-0.3, -0.25) is 0 Å². The number of rotatable bonds is 4. The number of nitrogens with one attached hydrogen (secondary N) is 1. The summed E-state index contributed by atoms with van der Waals surface area (Å²) in [7, 11) is 1.74. The Morgan fingerprint density at radius 1 is 1.20 bits per heavy atom. The molecule has 110 valence electrons. The molecule has 2 saturated carbocycles. The van der Waals surface area contributed by atoms with Gasteiger partial charge in [0.15, 0.2) is 0 Å². The molecule has 1 aromatic carbocycles. The summed E-state index contributed by atoms with van der Waals surface area (Å²) in [5.41, 5.74) is 1.97. The van der Waals surface area contributed by atoms with Crippen LogP contribution >= 0.6 is 0 Å². The second-order valence-electron chi connectivity index (χ2n) is 6.68. The van der Waals surface area contributed by atoms with Gasteiger partial charge in [0, 0.05) is 12.1 Å². The van der Waals surface area contributed by atoms with E-state index in [1.165, 1.54) is 50.5 Å². The molecule has 2 aliphatic rings. The lowest BCUT2D eigenvalue weighted by molar-refractivity contribution is 0.0174. The van der Waals surface area contributed by atoms with E-state index in [2.05, 4.69) is 30.4 Å². The van der Waals surface area contributed by atoms with E-state index < -0.39 is 0 Å². The fraction of sp³-hybridized carbons (Fsp3) is 0.667. The Hall–Kier alpha value is -1.02. The number of methoxy groups -OCH3 is 1. The Morgan fingerprint density at radius 3 is 2.65 bits per heavy atom. The largest absolute Gasteiger partial charge is 0.497 e. The highest BCUT2D eigenvalue weighted by molar-refractivity contribution is 5.30. The van der Waals surface area contributed by atoms with E-state index in [4.69, 9.17) is 4.74 Å². The quantitative estimate of drug-likeness (QED) is 0.874. The van der Waals surface area contributed by atoms with Crippen molar-refractivity contribution in [1.29, 1.82) is 0 Å². The summed E-state index contributed by atoms with van der Waals surface area (Å²) in [6, 6.07) is 9.60. The van der Waals surface area contributed by atoms with Gasteiger partial charge in [0.1, 0.15) is 5.75 Å². The Labute approximate surface area is 122 Å². The van der Waals surface area contributed by atoms with Gasteiger partial charge in [-0.2, -0.15) is 0 Å². The van der Waals surface area contributed by atoms with Gasteiger partial charge >= 0.3 is 0 Å². The second kappa shape index (κ2) is 5.77. The average Bonchev–Trinajstić information content (AvgIpc) is 2.52. The molecule has 3 rings (SSSR count). The lowest BCUT2D eigenvalue weighted by atomic mass is 9.57. The minimum Gasteiger partial charge on any atom is -0.497 e. The maximum Gasteiger partial charge on any atom is 0.119 e. The third kappa shape index (κ3) is 2.58. The molecule has 0 amide bonds. The van der Waals surface area contributed by atoms with E-state index in [0.717, 1.165) is 11.8 Å². The zero-order valence-electron chi connectivity index (χ0n) is 12.8. The van der Waals surface area contributed by atoms with Crippen LogP contribution in [0.15, 0.2) is 24.3 Å². The molecule has 0 heterocycles. The summed E-state index contributed by atoms with van der Waals surface area (Å²) in [5.74, 6) is 0.956. The van der Waals surface area contributed by atoms with Crippen molar-refractivity contribution >= 4 is 0 Å². The Balaban J connectivity index is 1.65. The molecular weight excluding hydrogens is 246 g/mol. The van der Waals surface area contributed by atoms with Crippen LogP contribution in [-0.4, -0.2) is 13.2 Å². The zero-order valence-corrected chi connectivity index (χ0v) is 12.8. The Morgan fingerprint density at radius 2 is 2.00 bits per heavy atom. The molecular formula is C18H27NO. The average molecular weight is 273 g/mol. The SMILES string of the molecule is COc1cccc([C@@H](C)NC2CCC23CCCCC3)c1.